The maximum Gasteiger partial charge on any atom is 0.180 e. The molecule has 0 saturated carbocycles. The van der Waals surface area contributed by atoms with Gasteiger partial charge in [-0.05, 0) is 0 Å². The lowest BCUT2D eigenvalue weighted by atomic mass is 10.0. The number of anilines is 1. The molecule has 3 rings (SSSR count). The topological polar surface area (TPSA) is 60.2 Å². The van der Waals surface area contributed by atoms with E-state index in [1.165, 1.54) is 10.6 Å². The minimum Gasteiger partial charge on any atom is -0.378 e. The average Bonchev–Trinajstić information content (AvgIpc) is 2.47. The van der Waals surface area contributed by atoms with Gasteiger partial charge in [-0.2, -0.15) is 0 Å². The van der Waals surface area contributed by atoms with Crippen molar-refractivity contribution in [3.8, 4) is 0 Å². The van der Waals surface area contributed by atoms with Crippen LogP contribution in [0.2, 0.25) is 0 Å². The fourth-order valence-corrected chi connectivity index (χ4v) is 2.92. The standard InChI is InChI=1S/C8H11N3OS.2ClH/c9-8-11-5-1-4-2-12-3-6(10-4)7(5)13-8;;/h4,6,10H,1-3H2,(H2,9,11);2*1H/t4-,6-;;/m0../s1. The number of ether oxygens (including phenoxy) is 1. The molecule has 1 aromatic rings. The van der Waals surface area contributed by atoms with E-state index in [9.17, 15) is 0 Å². The molecule has 7 heteroatoms. The first kappa shape index (κ1) is 13.0. The molecule has 0 unspecified atom stereocenters. The molecule has 0 aromatic carbocycles. The number of nitrogens with zero attached hydrogens (tertiary/aromatic N) is 1. The van der Waals surface area contributed by atoms with Crippen LogP contribution in [0, 0.1) is 0 Å². The lowest BCUT2D eigenvalue weighted by Crippen LogP contribution is -2.48. The van der Waals surface area contributed by atoms with Gasteiger partial charge in [0.1, 0.15) is 0 Å². The van der Waals surface area contributed by atoms with Gasteiger partial charge in [0, 0.05) is 17.3 Å². The summed E-state index contributed by atoms with van der Waals surface area (Å²) in [5, 5.41) is 4.19. The first-order valence-corrected chi connectivity index (χ1v) is 5.23. The van der Waals surface area contributed by atoms with Crippen molar-refractivity contribution in [1.82, 2.24) is 10.3 Å². The summed E-state index contributed by atoms with van der Waals surface area (Å²) in [6.07, 6.45) is 0.958. The second kappa shape index (κ2) is 4.84. The number of nitrogen functional groups attached to an aromatic ring is 1. The average molecular weight is 270 g/mol. The van der Waals surface area contributed by atoms with Crippen LogP contribution in [0.25, 0.3) is 0 Å². The Balaban J connectivity index is 0.000000562. The maximum atomic E-state index is 5.68. The maximum absolute atomic E-state index is 5.68. The van der Waals surface area contributed by atoms with Gasteiger partial charge in [-0.1, -0.05) is 0 Å². The summed E-state index contributed by atoms with van der Waals surface area (Å²) in [6.45, 7) is 1.55. The van der Waals surface area contributed by atoms with E-state index in [1.54, 1.807) is 11.3 Å². The fourth-order valence-electron chi connectivity index (χ4n) is 2.01. The van der Waals surface area contributed by atoms with Crippen molar-refractivity contribution < 1.29 is 4.74 Å². The lowest BCUT2D eigenvalue weighted by Gasteiger charge is -2.34. The Hall–Kier alpha value is -0.0700. The second-order valence-electron chi connectivity index (χ2n) is 3.52. The number of morpholine rings is 1. The molecule has 2 bridgehead atoms. The Labute approximate surface area is 104 Å². The molecule has 1 aromatic heterocycles. The zero-order valence-electron chi connectivity index (χ0n) is 7.93. The Morgan fingerprint density at radius 3 is 3.00 bits per heavy atom. The molecular weight excluding hydrogens is 257 g/mol. The summed E-state index contributed by atoms with van der Waals surface area (Å²) >= 11 is 1.58. The van der Waals surface area contributed by atoms with Gasteiger partial charge in [0.25, 0.3) is 0 Å². The van der Waals surface area contributed by atoms with Gasteiger partial charge in [0.05, 0.1) is 24.9 Å². The summed E-state index contributed by atoms with van der Waals surface area (Å²) in [5.41, 5.74) is 6.86. The van der Waals surface area contributed by atoms with E-state index in [-0.39, 0.29) is 24.8 Å². The van der Waals surface area contributed by atoms with Crippen molar-refractivity contribution in [2.75, 3.05) is 18.9 Å². The predicted octanol–water partition coefficient (Wildman–Crippen LogP) is 1.15. The molecule has 2 aliphatic rings. The van der Waals surface area contributed by atoms with Crippen LogP contribution in [0.4, 0.5) is 5.13 Å². The molecule has 86 valence electrons. The molecule has 1 saturated heterocycles. The highest BCUT2D eigenvalue weighted by Crippen LogP contribution is 2.33. The van der Waals surface area contributed by atoms with Crippen LogP contribution in [0.3, 0.4) is 0 Å². The molecule has 2 atom stereocenters. The summed E-state index contributed by atoms with van der Waals surface area (Å²) in [4.78, 5) is 5.61. The van der Waals surface area contributed by atoms with Crippen LogP contribution in [0.15, 0.2) is 0 Å². The molecule has 3 heterocycles. The Morgan fingerprint density at radius 2 is 2.20 bits per heavy atom. The van der Waals surface area contributed by atoms with Gasteiger partial charge in [0.2, 0.25) is 0 Å². The van der Waals surface area contributed by atoms with Crippen molar-refractivity contribution >= 4 is 41.3 Å². The van der Waals surface area contributed by atoms with E-state index < -0.39 is 0 Å². The third-order valence-corrected chi connectivity index (χ3v) is 3.58. The van der Waals surface area contributed by atoms with Crippen molar-refractivity contribution in [2.24, 2.45) is 0 Å². The van der Waals surface area contributed by atoms with Crippen LogP contribution in [-0.4, -0.2) is 24.2 Å². The van der Waals surface area contributed by atoms with Crippen LogP contribution in [-0.2, 0) is 11.2 Å². The number of hydrogen-bond donors (Lipinski definition) is 2. The minimum atomic E-state index is 0. The summed E-state index contributed by atoms with van der Waals surface area (Å²) in [5.74, 6) is 0. The van der Waals surface area contributed by atoms with Crippen LogP contribution in [0.1, 0.15) is 16.6 Å². The minimum absolute atomic E-state index is 0. The van der Waals surface area contributed by atoms with Gasteiger partial charge in [-0.25, -0.2) is 4.98 Å². The zero-order valence-corrected chi connectivity index (χ0v) is 10.4. The van der Waals surface area contributed by atoms with E-state index >= 15 is 0 Å². The molecule has 15 heavy (non-hydrogen) atoms. The summed E-state index contributed by atoms with van der Waals surface area (Å²) in [6, 6.07) is 0.769. The second-order valence-corrected chi connectivity index (χ2v) is 4.58. The lowest BCUT2D eigenvalue weighted by molar-refractivity contribution is 0.0395. The van der Waals surface area contributed by atoms with Crippen molar-refractivity contribution in [2.45, 2.75) is 18.5 Å². The van der Waals surface area contributed by atoms with E-state index in [4.69, 9.17) is 10.5 Å². The van der Waals surface area contributed by atoms with E-state index in [1.807, 2.05) is 0 Å². The number of halogens is 2. The van der Waals surface area contributed by atoms with Gasteiger partial charge >= 0.3 is 0 Å². The fraction of sp³-hybridized carbons (Fsp3) is 0.625. The zero-order chi connectivity index (χ0) is 8.84. The monoisotopic (exact) mass is 269 g/mol. The highest BCUT2D eigenvalue weighted by molar-refractivity contribution is 7.15. The first-order chi connectivity index (χ1) is 6.33. The Kier molecular flexibility index (Phi) is 4.20. The molecule has 0 aliphatic carbocycles. The normalized spacial score (nSPS) is 27.2. The number of rotatable bonds is 0. The molecule has 3 N–H and O–H groups in total. The van der Waals surface area contributed by atoms with Gasteiger partial charge in [-0.3, -0.25) is 0 Å². The highest BCUT2D eigenvalue weighted by Gasteiger charge is 2.32. The number of thiazole rings is 1. The quantitative estimate of drug-likeness (QED) is 0.742. The van der Waals surface area contributed by atoms with Crippen molar-refractivity contribution in [1.29, 1.82) is 0 Å². The Bertz CT molecular complexity index is 347. The summed E-state index contributed by atoms with van der Waals surface area (Å²) < 4.78 is 5.48. The van der Waals surface area contributed by atoms with Crippen LogP contribution in [0.5, 0.6) is 0 Å². The van der Waals surface area contributed by atoms with E-state index in [2.05, 4.69) is 10.3 Å². The first-order valence-electron chi connectivity index (χ1n) is 4.42. The highest BCUT2D eigenvalue weighted by atomic mass is 35.5. The van der Waals surface area contributed by atoms with Gasteiger partial charge in [0.15, 0.2) is 5.13 Å². The van der Waals surface area contributed by atoms with Gasteiger partial charge in [-0.15, -0.1) is 36.2 Å². The smallest absolute Gasteiger partial charge is 0.180 e. The molecule has 0 radical (unpaired) electrons. The molecule has 0 amide bonds. The molecule has 0 spiro atoms. The van der Waals surface area contributed by atoms with E-state index in [0.29, 0.717) is 17.2 Å². The number of hydrogen-bond acceptors (Lipinski definition) is 5. The SMILES string of the molecule is Cl.Cl.Nc1nc2c(s1)[C@@H]1COC[C@H](C2)N1. The number of aromatic nitrogens is 1. The summed E-state index contributed by atoms with van der Waals surface area (Å²) in [7, 11) is 0. The number of nitrogens with one attached hydrogen (secondary N) is 1. The van der Waals surface area contributed by atoms with Crippen molar-refractivity contribution in [3.05, 3.63) is 10.6 Å². The largest absolute Gasteiger partial charge is 0.378 e. The third kappa shape index (κ3) is 2.21. The van der Waals surface area contributed by atoms with Crippen molar-refractivity contribution in [3.63, 3.8) is 0 Å². The molecular formula is C8H13Cl2N3OS. The van der Waals surface area contributed by atoms with Gasteiger partial charge < -0.3 is 15.8 Å². The molecule has 2 aliphatic heterocycles. The number of nitrogens with two attached hydrogens (primary N) is 1. The van der Waals surface area contributed by atoms with E-state index in [0.717, 1.165) is 19.6 Å². The molecule has 4 nitrogen and oxygen atoms in total. The predicted molar refractivity (Wildman–Crippen MR) is 65.2 cm³/mol. The van der Waals surface area contributed by atoms with Crippen LogP contribution >= 0.6 is 36.2 Å². The van der Waals surface area contributed by atoms with Crippen LogP contribution < -0.4 is 11.1 Å². The third-order valence-electron chi connectivity index (χ3n) is 2.54. The molecule has 1 fully saturated rings. The number of fused-ring (bicyclic) bond motifs is 4. The Morgan fingerprint density at radius 1 is 1.40 bits per heavy atom.